The topological polar surface area (TPSA) is 38.2 Å². The molecule has 4 nitrogen and oxygen atoms in total. The average Bonchev–Trinajstić information content (AvgIpc) is 2.62. The van der Waals surface area contributed by atoms with Crippen LogP contribution in [0.5, 0.6) is 5.75 Å². The Balaban J connectivity index is 1.65. The van der Waals surface area contributed by atoms with Gasteiger partial charge in [0.05, 0.1) is 18.4 Å². The van der Waals surface area contributed by atoms with E-state index in [1.807, 2.05) is 12.3 Å². The second kappa shape index (κ2) is 5.93. The number of rotatable bonds is 3. The maximum absolute atomic E-state index is 5.42. The largest absolute Gasteiger partial charge is 0.496 e. The smallest absolute Gasteiger partial charge is 0.131 e. The van der Waals surface area contributed by atoms with Crippen molar-refractivity contribution in [2.75, 3.05) is 26.7 Å². The maximum atomic E-state index is 5.42. The molecule has 2 aromatic rings. The van der Waals surface area contributed by atoms with Crippen LogP contribution in [0.3, 0.4) is 0 Å². The lowest BCUT2D eigenvalue weighted by Crippen LogP contribution is -2.50. The molecular weight excluding hydrogens is 286 g/mol. The molecule has 0 aromatic carbocycles. The molecule has 0 saturated carbocycles. The molecule has 2 aliphatic rings. The third kappa shape index (κ3) is 2.61. The van der Waals surface area contributed by atoms with Crippen LogP contribution in [0.25, 0.3) is 11.3 Å². The van der Waals surface area contributed by atoms with Gasteiger partial charge in [0, 0.05) is 30.6 Å². The van der Waals surface area contributed by atoms with Crippen LogP contribution in [0, 0.1) is 0 Å². The van der Waals surface area contributed by atoms with Crippen molar-refractivity contribution in [1.29, 1.82) is 0 Å². The molecule has 0 unspecified atom stereocenters. The molecule has 4 heterocycles. The Bertz CT molecular complexity index is 673. The Kier molecular flexibility index (Phi) is 3.77. The van der Waals surface area contributed by atoms with Crippen molar-refractivity contribution in [2.45, 2.75) is 31.1 Å². The quantitative estimate of drug-likeness (QED) is 0.872. The Morgan fingerprint density at radius 2 is 1.91 bits per heavy atom. The van der Waals surface area contributed by atoms with Gasteiger partial charge in [-0.05, 0) is 56.5 Å². The number of pyridine rings is 2. The molecule has 0 radical (unpaired) electrons. The van der Waals surface area contributed by atoms with Crippen LogP contribution < -0.4 is 4.74 Å². The van der Waals surface area contributed by atoms with Crippen LogP contribution in [0.4, 0.5) is 0 Å². The second-order valence-electron chi connectivity index (χ2n) is 6.77. The molecule has 0 N–H and O–H groups in total. The van der Waals surface area contributed by atoms with Crippen molar-refractivity contribution in [2.24, 2.45) is 0 Å². The standard InChI is InChI=1S/C19H23N3O/c1-23-18-6-9-20-13-16(18)17-5-4-15(12-21-17)19-7-2-10-22(14-19)11-3-8-19/h4-6,9,12-13H,2-3,7-8,10-11,14H2,1H3. The number of fused-ring (bicyclic) bond motifs is 2. The minimum atomic E-state index is 0.320. The van der Waals surface area contributed by atoms with Crippen LogP contribution in [0.1, 0.15) is 31.2 Å². The third-order valence-corrected chi connectivity index (χ3v) is 5.44. The SMILES string of the molecule is COc1ccncc1-c1ccc(C23CCCN(CCC2)C3)cn1. The van der Waals surface area contributed by atoms with E-state index < -0.39 is 0 Å². The Hall–Kier alpha value is -1.94. The normalized spacial score (nSPS) is 26.7. The molecule has 120 valence electrons. The molecule has 0 spiro atoms. The number of aromatic nitrogens is 2. The van der Waals surface area contributed by atoms with Crippen molar-refractivity contribution in [3.8, 4) is 17.0 Å². The minimum Gasteiger partial charge on any atom is -0.496 e. The predicted molar refractivity (Wildman–Crippen MR) is 90.6 cm³/mol. The fourth-order valence-electron chi connectivity index (χ4n) is 4.26. The summed E-state index contributed by atoms with van der Waals surface area (Å²) in [5, 5.41) is 0. The number of methoxy groups -OCH3 is 1. The van der Waals surface area contributed by atoms with Gasteiger partial charge < -0.3 is 9.64 Å². The van der Waals surface area contributed by atoms with Crippen molar-refractivity contribution in [1.82, 2.24) is 14.9 Å². The first-order valence-corrected chi connectivity index (χ1v) is 8.48. The van der Waals surface area contributed by atoms with E-state index in [0.29, 0.717) is 5.41 Å². The van der Waals surface area contributed by atoms with Gasteiger partial charge in [0.15, 0.2) is 0 Å². The fraction of sp³-hybridized carbons (Fsp3) is 0.474. The number of hydrogen-bond donors (Lipinski definition) is 0. The molecule has 4 heteroatoms. The lowest BCUT2D eigenvalue weighted by molar-refractivity contribution is 0.0941. The van der Waals surface area contributed by atoms with Crippen molar-refractivity contribution in [3.63, 3.8) is 0 Å². The molecule has 2 fully saturated rings. The maximum Gasteiger partial charge on any atom is 0.131 e. The van der Waals surface area contributed by atoms with E-state index in [0.717, 1.165) is 17.0 Å². The Morgan fingerprint density at radius 3 is 2.61 bits per heavy atom. The summed E-state index contributed by atoms with van der Waals surface area (Å²) < 4.78 is 5.42. The summed E-state index contributed by atoms with van der Waals surface area (Å²) in [7, 11) is 1.69. The van der Waals surface area contributed by atoms with E-state index in [1.165, 1.54) is 50.9 Å². The van der Waals surface area contributed by atoms with Gasteiger partial charge in [-0.15, -0.1) is 0 Å². The molecule has 2 saturated heterocycles. The zero-order valence-electron chi connectivity index (χ0n) is 13.7. The first-order chi connectivity index (χ1) is 11.3. The average molecular weight is 309 g/mol. The zero-order valence-corrected chi connectivity index (χ0v) is 13.7. The summed E-state index contributed by atoms with van der Waals surface area (Å²) in [4.78, 5) is 11.6. The van der Waals surface area contributed by atoms with Gasteiger partial charge in [-0.25, -0.2) is 0 Å². The van der Waals surface area contributed by atoms with E-state index in [2.05, 4.69) is 28.2 Å². The second-order valence-corrected chi connectivity index (χ2v) is 6.77. The number of hydrogen-bond acceptors (Lipinski definition) is 4. The number of nitrogens with zero attached hydrogens (tertiary/aromatic N) is 3. The van der Waals surface area contributed by atoms with Crippen molar-refractivity contribution < 1.29 is 4.74 Å². The molecule has 2 aliphatic heterocycles. The zero-order chi connectivity index (χ0) is 15.7. The summed E-state index contributed by atoms with van der Waals surface area (Å²) in [5.41, 5.74) is 3.60. The van der Waals surface area contributed by atoms with Crippen LogP contribution in [0.15, 0.2) is 36.8 Å². The van der Waals surface area contributed by atoms with Crippen LogP contribution in [-0.2, 0) is 5.41 Å². The number of piperidine rings is 2. The lowest BCUT2D eigenvalue weighted by Gasteiger charge is -2.47. The van der Waals surface area contributed by atoms with Gasteiger partial charge in [-0.3, -0.25) is 9.97 Å². The molecule has 23 heavy (non-hydrogen) atoms. The van der Waals surface area contributed by atoms with Crippen molar-refractivity contribution in [3.05, 3.63) is 42.4 Å². The molecule has 0 amide bonds. The predicted octanol–water partition coefficient (Wildman–Crippen LogP) is 3.28. The molecule has 0 aliphatic carbocycles. The van der Waals surface area contributed by atoms with Crippen LogP contribution in [0.2, 0.25) is 0 Å². The van der Waals surface area contributed by atoms with Gasteiger partial charge >= 0.3 is 0 Å². The monoisotopic (exact) mass is 309 g/mol. The van der Waals surface area contributed by atoms with E-state index in [4.69, 9.17) is 9.72 Å². The van der Waals surface area contributed by atoms with Gasteiger partial charge in [0.25, 0.3) is 0 Å². The highest BCUT2D eigenvalue weighted by atomic mass is 16.5. The Morgan fingerprint density at radius 1 is 1.09 bits per heavy atom. The summed E-state index contributed by atoms with van der Waals surface area (Å²) in [5.74, 6) is 0.819. The lowest BCUT2D eigenvalue weighted by atomic mass is 9.69. The van der Waals surface area contributed by atoms with Crippen LogP contribution >= 0.6 is 0 Å². The number of ether oxygens (including phenoxy) is 1. The van der Waals surface area contributed by atoms with E-state index >= 15 is 0 Å². The van der Waals surface area contributed by atoms with Crippen LogP contribution in [-0.4, -0.2) is 41.6 Å². The molecule has 2 bridgehead atoms. The highest BCUT2D eigenvalue weighted by Crippen LogP contribution is 2.41. The third-order valence-electron chi connectivity index (χ3n) is 5.44. The van der Waals surface area contributed by atoms with E-state index in [1.54, 1.807) is 13.3 Å². The van der Waals surface area contributed by atoms with E-state index in [9.17, 15) is 0 Å². The highest BCUT2D eigenvalue weighted by molar-refractivity contribution is 5.65. The summed E-state index contributed by atoms with van der Waals surface area (Å²) in [6.07, 6.45) is 10.8. The summed E-state index contributed by atoms with van der Waals surface area (Å²) in [6, 6.07) is 6.27. The molecular formula is C19H23N3O. The van der Waals surface area contributed by atoms with Gasteiger partial charge in [0.1, 0.15) is 5.75 Å². The summed E-state index contributed by atoms with van der Waals surface area (Å²) in [6.45, 7) is 3.73. The molecule has 4 rings (SSSR count). The molecule has 2 aromatic heterocycles. The van der Waals surface area contributed by atoms with Gasteiger partial charge in [0.2, 0.25) is 0 Å². The fourth-order valence-corrected chi connectivity index (χ4v) is 4.26. The first-order valence-electron chi connectivity index (χ1n) is 8.48. The first kappa shape index (κ1) is 14.6. The minimum absolute atomic E-state index is 0.320. The van der Waals surface area contributed by atoms with Crippen molar-refractivity contribution >= 4 is 0 Å². The van der Waals surface area contributed by atoms with Gasteiger partial charge in [-0.2, -0.15) is 0 Å². The van der Waals surface area contributed by atoms with E-state index in [-0.39, 0.29) is 0 Å². The van der Waals surface area contributed by atoms with Gasteiger partial charge in [-0.1, -0.05) is 6.07 Å². The Labute approximate surface area is 137 Å². The summed E-state index contributed by atoms with van der Waals surface area (Å²) >= 11 is 0. The molecule has 0 atom stereocenters. The highest BCUT2D eigenvalue weighted by Gasteiger charge is 2.39.